The van der Waals surface area contributed by atoms with Gasteiger partial charge in [0.25, 0.3) is 11.8 Å². The number of thioether (sulfide) groups is 1. The number of fused-ring (bicyclic) bond motifs is 2. The molecule has 2 amide bonds. The first-order valence-electron chi connectivity index (χ1n) is 10.3. The quantitative estimate of drug-likeness (QED) is 0.0649. The summed E-state index contributed by atoms with van der Waals surface area (Å²) in [6, 6.07) is 4.97. The van der Waals surface area contributed by atoms with Gasteiger partial charge >= 0.3 is 11.9 Å². The first-order valence-corrected chi connectivity index (χ1v) is 15.1. The molecule has 1 aliphatic heterocycles. The van der Waals surface area contributed by atoms with E-state index in [0.717, 1.165) is 16.7 Å². The van der Waals surface area contributed by atoms with Gasteiger partial charge in [0, 0.05) is 17.9 Å². The molecule has 3 aromatic rings. The SMILES string of the molecule is CCOC(=O)C(Sc1nc2ccc(N3C(=O)c4c(Br)c(Br)c(Br)c(Br)c4C3=O)cc2s1)C(=O)OCC. The fraction of sp³-hybridized carbons (Fsp3) is 0.227. The molecule has 0 saturated heterocycles. The Morgan fingerprint density at radius 1 is 0.944 bits per heavy atom. The molecule has 14 heteroatoms. The molecule has 2 heterocycles. The average Bonchev–Trinajstić information content (AvgIpc) is 3.36. The monoisotopic (exact) mass is 782 g/mol. The molecule has 0 fully saturated rings. The Kier molecular flexibility index (Phi) is 8.62. The Morgan fingerprint density at radius 3 is 1.97 bits per heavy atom. The second-order valence-electron chi connectivity index (χ2n) is 7.09. The summed E-state index contributed by atoms with van der Waals surface area (Å²) < 4.78 is 13.3. The Hall–Kier alpha value is -1.32. The molecule has 0 saturated carbocycles. The van der Waals surface area contributed by atoms with E-state index in [9.17, 15) is 19.2 Å². The number of aromatic nitrogens is 1. The highest BCUT2D eigenvalue weighted by Gasteiger charge is 2.42. The van der Waals surface area contributed by atoms with Gasteiger partial charge in [-0.15, -0.1) is 11.3 Å². The fourth-order valence-corrected chi connectivity index (χ4v) is 8.01. The Bertz CT molecular complexity index is 1380. The summed E-state index contributed by atoms with van der Waals surface area (Å²) in [5.74, 6) is -2.36. The Morgan fingerprint density at radius 2 is 1.47 bits per heavy atom. The van der Waals surface area contributed by atoms with E-state index >= 15 is 0 Å². The van der Waals surface area contributed by atoms with Gasteiger partial charge in [-0.3, -0.25) is 19.2 Å². The summed E-state index contributed by atoms with van der Waals surface area (Å²) in [4.78, 5) is 56.8. The number of hydrogen-bond acceptors (Lipinski definition) is 9. The van der Waals surface area contributed by atoms with Gasteiger partial charge in [0.1, 0.15) is 0 Å². The maximum absolute atomic E-state index is 13.3. The van der Waals surface area contributed by atoms with Crippen LogP contribution in [0.4, 0.5) is 5.69 Å². The first-order chi connectivity index (χ1) is 17.1. The maximum atomic E-state index is 13.3. The van der Waals surface area contributed by atoms with Crippen molar-refractivity contribution < 1.29 is 28.7 Å². The Balaban J connectivity index is 1.68. The summed E-state index contributed by atoms with van der Waals surface area (Å²) in [5.41, 5.74) is 1.44. The van der Waals surface area contributed by atoms with Crippen molar-refractivity contribution in [3.63, 3.8) is 0 Å². The lowest BCUT2D eigenvalue weighted by Crippen LogP contribution is -2.30. The zero-order valence-corrected chi connectivity index (χ0v) is 26.4. The van der Waals surface area contributed by atoms with Crippen molar-refractivity contribution in [3.05, 3.63) is 47.2 Å². The smallest absolute Gasteiger partial charge is 0.331 e. The van der Waals surface area contributed by atoms with E-state index < -0.39 is 29.0 Å². The van der Waals surface area contributed by atoms with Gasteiger partial charge in [0.2, 0.25) is 5.25 Å². The van der Waals surface area contributed by atoms with Crippen molar-refractivity contribution in [2.24, 2.45) is 0 Å². The number of anilines is 1. The number of rotatable bonds is 7. The molecule has 8 nitrogen and oxygen atoms in total. The fourth-order valence-electron chi connectivity index (χ4n) is 3.39. The zero-order valence-electron chi connectivity index (χ0n) is 18.4. The van der Waals surface area contributed by atoms with Crippen LogP contribution < -0.4 is 4.90 Å². The van der Waals surface area contributed by atoms with E-state index in [1.165, 1.54) is 11.3 Å². The molecule has 0 N–H and O–H groups in total. The summed E-state index contributed by atoms with van der Waals surface area (Å²) in [5, 5.41) is -1.22. The van der Waals surface area contributed by atoms with Crippen LogP contribution in [0.2, 0.25) is 0 Å². The molecule has 0 aliphatic carbocycles. The number of imide groups is 1. The molecule has 1 aliphatic rings. The average molecular weight is 786 g/mol. The summed E-state index contributed by atoms with van der Waals surface area (Å²) >= 11 is 15.8. The van der Waals surface area contributed by atoms with E-state index in [1.807, 2.05) is 0 Å². The van der Waals surface area contributed by atoms with E-state index in [1.54, 1.807) is 32.0 Å². The second-order valence-corrected chi connectivity index (χ2v) is 12.6. The molecule has 0 bridgehead atoms. The van der Waals surface area contributed by atoms with Crippen molar-refractivity contribution in [3.8, 4) is 0 Å². The van der Waals surface area contributed by atoms with E-state index in [0.29, 0.717) is 38.1 Å². The molecule has 1 aromatic heterocycles. The largest absolute Gasteiger partial charge is 0.465 e. The number of benzene rings is 2. The van der Waals surface area contributed by atoms with Crippen LogP contribution in [0.3, 0.4) is 0 Å². The van der Waals surface area contributed by atoms with Gasteiger partial charge < -0.3 is 9.47 Å². The molecule has 0 spiro atoms. The van der Waals surface area contributed by atoms with E-state index in [2.05, 4.69) is 68.7 Å². The molecule has 188 valence electrons. The van der Waals surface area contributed by atoms with Gasteiger partial charge in [-0.2, -0.15) is 0 Å². The van der Waals surface area contributed by atoms with Crippen molar-refractivity contribution >= 4 is 126 Å². The lowest BCUT2D eigenvalue weighted by atomic mass is 10.1. The number of nitrogens with zero attached hydrogens (tertiary/aromatic N) is 2. The predicted octanol–water partition coefficient (Wildman–Crippen LogP) is 6.73. The number of amides is 2. The molecule has 0 radical (unpaired) electrons. The van der Waals surface area contributed by atoms with Crippen molar-refractivity contribution in [2.75, 3.05) is 18.1 Å². The van der Waals surface area contributed by atoms with Crippen molar-refractivity contribution in [1.29, 1.82) is 0 Å². The van der Waals surface area contributed by atoms with Gasteiger partial charge in [0.05, 0.1) is 40.2 Å². The highest BCUT2D eigenvalue weighted by molar-refractivity contribution is 9.15. The summed E-state index contributed by atoms with van der Waals surface area (Å²) in [6.45, 7) is 3.55. The minimum Gasteiger partial charge on any atom is -0.465 e. The van der Waals surface area contributed by atoms with Crippen LogP contribution in [0.5, 0.6) is 0 Å². The van der Waals surface area contributed by atoms with Crippen LogP contribution >= 0.6 is 86.8 Å². The van der Waals surface area contributed by atoms with Crippen LogP contribution in [-0.2, 0) is 19.1 Å². The Labute approximate surface area is 247 Å². The molecule has 4 rings (SSSR count). The molecule has 0 unspecified atom stereocenters. The van der Waals surface area contributed by atoms with Crippen LogP contribution in [0.1, 0.15) is 34.6 Å². The van der Waals surface area contributed by atoms with Crippen LogP contribution in [0, 0.1) is 0 Å². The third-order valence-electron chi connectivity index (χ3n) is 4.93. The van der Waals surface area contributed by atoms with Crippen LogP contribution in [-0.4, -0.2) is 47.2 Å². The standard InChI is InChI=1S/C22H14Br4N2O6S2/c1-3-33-20(31)17(21(32)34-4-2)36-22-27-9-6-5-8(7-10(9)35-22)28-18(29)11-12(19(28)30)14(24)16(26)15(25)13(11)23/h5-7,17H,3-4H2,1-2H3. The molecule has 36 heavy (non-hydrogen) atoms. The number of carbonyl (C=O) groups excluding carboxylic acids is 4. The number of thiazole rings is 1. The highest BCUT2D eigenvalue weighted by Crippen LogP contribution is 2.46. The highest BCUT2D eigenvalue weighted by atomic mass is 79.9. The zero-order chi connectivity index (χ0) is 26.3. The van der Waals surface area contributed by atoms with E-state index in [4.69, 9.17) is 9.47 Å². The number of hydrogen-bond donors (Lipinski definition) is 0. The van der Waals surface area contributed by atoms with Gasteiger partial charge in [-0.05, 0) is 95.8 Å². The van der Waals surface area contributed by atoms with Crippen molar-refractivity contribution in [2.45, 2.75) is 23.4 Å². The minimum atomic E-state index is -1.22. The number of esters is 2. The molecular weight excluding hydrogens is 772 g/mol. The molecule has 0 atom stereocenters. The maximum Gasteiger partial charge on any atom is 0.331 e. The van der Waals surface area contributed by atoms with E-state index in [-0.39, 0.29) is 24.3 Å². The third kappa shape index (κ3) is 4.92. The minimum absolute atomic E-state index is 0.123. The number of halogens is 4. The van der Waals surface area contributed by atoms with Gasteiger partial charge in [0.15, 0.2) is 4.34 Å². The predicted molar refractivity (Wildman–Crippen MR) is 151 cm³/mol. The molecule has 2 aromatic carbocycles. The molecular formula is C22H14Br4N2O6S2. The van der Waals surface area contributed by atoms with Gasteiger partial charge in [-0.1, -0.05) is 11.8 Å². The summed E-state index contributed by atoms with van der Waals surface area (Å²) in [7, 11) is 0. The summed E-state index contributed by atoms with van der Waals surface area (Å²) in [6.07, 6.45) is 0. The van der Waals surface area contributed by atoms with Crippen LogP contribution in [0.25, 0.3) is 10.2 Å². The first kappa shape index (κ1) is 27.7. The lowest BCUT2D eigenvalue weighted by molar-refractivity contribution is -0.152. The van der Waals surface area contributed by atoms with Crippen LogP contribution in [0.15, 0.2) is 40.4 Å². The number of carbonyl (C=O) groups is 4. The topological polar surface area (TPSA) is 103 Å². The normalized spacial score (nSPS) is 13.0. The second kappa shape index (κ2) is 11.2. The van der Waals surface area contributed by atoms with Gasteiger partial charge in [-0.25, -0.2) is 9.88 Å². The lowest BCUT2D eigenvalue weighted by Gasteiger charge is -2.13. The van der Waals surface area contributed by atoms with Crippen molar-refractivity contribution in [1.82, 2.24) is 4.98 Å². The third-order valence-corrected chi connectivity index (χ3v) is 12.0. The number of ether oxygens (including phenoxy) is 2.